The molecule has 0 bridgehead atoms. The van der Waals surface area contributed by atoms with Crippen LogP contribution in [0.2, 0.25) is 0 Å². The molecule has 5 nitrogen and oxygen atoms in total. The summed E-state index contributed by atoms with van der Waals surface area (Å²) in [4.78, 5) is 45.8. The number of aliphatic carboxylic acids is 1. The van der Waals surface area contributed by atoms with Crippen molar-refractivity contribution in [3.8, 4) is 0 Å². The fourth-order valence-corrected chi connectivity index (χ4v) is 2.26. The van der Waals surface area contributed by atoms with Crippen LogP contribution in [-0.4, -0.2) is 32.2 Å². The Bertz CT molecular complexity index is 407. The van der Waals surface area contributed by atoms with E-state index in [1.807, 2.05) is 0 Å². The van der Waals surface area contributed by atoms with E-state index in [1.165, 1.54) is 13.8 Å². The number of carboxylic acid groups (broad SMARTS) is 1. The molecule has 0 radical (unpaired) electrons. The number of carbonyl (C=O) groups is 4. The molecule has 1 N–H and O–H groups in total. The maximum atomic E-state index is 12.2. The fourth-order valence-electron chi connectivity index (χ4n) is 1.71. The molecule has 8 heteroatoms. The topological polar surface area (TPSA) is 88.5 Å². The first-order valence-electron chi connectivity index (χ1n) is 5.77. The van der Waals surface area contributed by atoms with Crippen molar-refractivity contribution in [3.05, 3.63) is 0 Å². The Labute approximate surface area is 131 Å². The zero-order chi connectivity index (χ0) is 16.1. The van der Waals surface area contributed by atoms with E-state index >= 15 is 0 Å². The average Bonchev–Trinajstić information content (AvgIpc) is 2.26. The normalized spacial score (nSPS) is 12.1. The van der Waals surface area contributed by atoms with Gasteiger partial charge in [0, 0.05) is 12.8 Å². The molecule has 0 atom stereocenters. The summed E-state index contributed by atoms with van der Waals surface area (Å²) >= 11 is 16.5. The molecule has 0 heterocycles. The van der Waals surface area contributed by atoms with Gasteiger partial charge in [0.25, 0.3) is 0 Å². The highest BCUT2D eigenvalue weighted by molar-refractivity contribution is 6.77. The van der Waals surface area contributed by atoms with Crippen molar-refractivity contribution < 1.29 is 24.3 Å². The summed E-state index contributed by atoms with van der Waals surface area (Å²) in [6, 6.07) is 0. The first-order chi connectivity index (χ1) is 8.93. The minimum absolute atomic E-state index is 0.156. The largest absolute Gasteiger partial charge is 0.480 e. The molecule has 0 aromatic rings. The number of hydrogen-bond acceptors (Lipinski definition) is 4. The first-order valence-corrected chi connectivity index (χ1v) is 6.91. The van der Waals surface area contributed by atoms with Crippen molar-refractivity contribution in [1.29, 1.82) is 0 Å². The van der Waals surface area contributed by atoms with Crippen LogP contribution < -0.4 is 0 Å². The van der Waals surface area contributed by atoms with Gasteiger partial charge < -0.3 is 14.7 Å². The van der Waals surface area contributed by atoms with Gasteiger partial charge in [0.05, 0.1) is 0 Å². The predicted molar refractivity (Wildman–Crippen MR) is 75.2 cm³/mol. The third kappa shape index (κ3) is 5.38. The lowest BCUT2D eigenvalue weighted by Crippen LogP contribution is -2.46. The molecular weight excluding hydrogens is 330 g/mol. The van der Waals surface area contributed by atoms with Crippen LogP contribution in [0.4, 0.5) is 0 Å². The van der Waals surface area contributed by atoms with E-state index < -0.39 is 21.0 Å². The first kappa shape index (κ1) is 19.4. The van der Waals surface area contributed by atoms with Crippen molar-refractivity contribution >= 4 is 58.1 Å². The lowest BCUT2D eigenvalue weighted by Gasteiger charge is -2.30. The van der Waals surface area contributed by atoms with Crippen molar-refractivity contribution in [2.45, 2.75) is 43.3 Å². The molecule has 0 spiro atoms. The van der Waals surface area contributed by atoms with Gasteiger partial charge in [0.15, 0.2) is 0 Å². The second kappa shape index (κ2) is 7.38. The third-order valence-electron chi connectivity index (χ3n) is 2.91. The SMILES string of the molecule is CC(=O)CCC(CCC(C)=O)(C(=O)O)C(=O)C(Cl)(Cl)Cl. The van der Waals surface area contributed by atoms with Crippen LogP contribution in [0.25, 0.3) is 0 Å². The molecule has 0 aliphatic heterocycles. The molecule has 20 heavy (non-hydrogen) atoms. The van der Waals surface area contributed by atoms with Gasteiger partial charge in [0.2, 0.25) is 9.58 Å². The smallest absolute Gasteiger partial charge is 0.317 e. The van der Waals surface area contributed by atoms with Gasteiger partial charge >= 0.3 is 5.97 Å². The number of rotatable bonds is 8. The van der Waals surface area contributed by atoms with Crippen molar-refractivity contribution in [2.75, 3.05) is 0 Å². The van der Waals surface area contributed by atoms with Gasteiger partial charge in [-0.15, -0.1) is 0 Å². The van der Waals surface area contributed by atoms with Gasteiger partial charge in [-0.3, -0.25) is 9.59 Å². The lowest BCUT2D eigenvalue weighted by atomic mass is 9.75. The summed E-state index contributed by atoms with van der Waals surface area (Å²) in [7, 11) is 0. The summed E-state index contributed by atoms with van der Waals surface area (Å²) in [5.41, 5.74) is -2.05. The van der Waals surface area contributed by atoms with Crippen molar-refractivity contribution in [2.24, 2.45) is 5.41 Å². The maximum absolute atomic E-state index is 12.2. The van der Waals surface area contributed by atoms with Gasteiger partial charge in [0.1, 0.15) is 17.0 Å². The Morgan fingerprint density at radius 2 is 1.25 bits per heavy atom. The summed E-state index contributed by atoms with van der Waals surface area (Å²) in [5, 5.41) is 9.36. The molecule has 0 amide bonds. The number of alkyl halides is 3. The van der Waals surface area contributed by atoms with E-state index in [-0.39, 0.29) is 37.2 Å². The molecule has 0 aromatic heterocycles. The molecule has 0 rings (SSSR count). The molecule has 0 aliphatic carbocycles. The molecule has 0 unspecified atom stereocenters. The van der Waals surface area contributed by atoms with E-state index in [0.717, 1.165) is 0 Å². The molecular formula is C12H15Cl3O5. The van der Waals surface area contributed by atoms with Gasteiger partial charge in [-0.05, 0) is 26.7 Å². The number of halogens is 3. The van der Waals surface area contributed by atoms with Crippen LogP contribution in [0.1, 0.15) is 39.5 Å². The van der Waals surface area contributed by atoms with Crippen LogP contribution in [0, 0.1) is 5.41 Å². The van der Waals surface area contributed by atoms with Crippen LogP contribution in [0.15, 0.2) is 0 Å². The molecule has 0 fully saturated rings. The minimum atomic E-state index is -2.42. The number of Topliss-reactive ketones (excluding diaryl/α,β-unsaturated/α-hetero) is 3. The monoisotopic (exact) mass is 344 g/mol. The van der Waals surface area contributed by atoms with Crippen LogP contribution in [0.3, 0.4) is 0 Å². The highest BCUT2D eigenvalue weighted by atomic mass is 35.6. The molecule has 0 aliphatic rings. The number of carbonyl (C=O) groups excluding carboxylic acids is 3. The Balaban J connectivity index is 5.55. The van der Waals surface area contributed by atoms with Gasteiger partial charge in [-0.2, -0.15) is 0 Å². The fraction of sp³-hybridized carbons (Fsp3) is 0.667. The van der Waals surface area contributed by atoms with Gasteiger partial charge in [-0.25, -0.2) is 0 Å². The lowest BCUT2D eigenvalue weighted by molar-refractivity contribution is -0.156. The highest BCUT2D eigenvalue weighted by Crippen LogP contribution is 2.41. The second-order valence-corrected chi connectivity index (χ2v) is 6.90. The van der Waals surface area contributed by atoms with E-state index in [1.54, 1.807) is 0 Å². The molecule has 0 saturated heterocycles. The van der Waals surface area contributed by atoms with E-state index in [4.69, 9.17) is 34.8 Å². The highest BCUT2D eigenvalue weighted by Gasteiger charge is 2.53. The van der Waals surface area contributed by atoms with Crippen molar-refractivity contribution in [1.82, 2.24) is 0 Å². The third-order valence-corrected chi connectivity index (χ3v) is 3.42. The Morgan fingerprint density at radius 1 is 0.900 bits per heavy atom. The summed E-state index contributed by atoms with van der Waals surface area (Å²) in [5.74, 6) is -3.23. The Hall–Kier alpha value is -0.650. The quantitative estimate of drug-likeness (QED) is 0.540. The maximum Gasteiger partial charge on any atom is 0.317 e. The molecule has 0 aromatic carbocycles. The Morgan fingerprint density at radius 3 is 1.45 bits per heavy atom. The second-order valence-electron chi connectivity index (χ2n) is 4.62. The Kier molecular flexibility index (Phi) is 7.14. The molecule has 114 valence electrons. The minimum Gasteiger partial charge on any atom is -0.480 e. The number of hydrogen-bond donors (Lipinski definition) is 1. The standard InChI is InChI=1S/C12H15Cl3O5/c1-7(16)3-5-11(10(19)20,6-4-8(2)17)9(18)12(13,14)15/h3-6H2,1-2H3,(H,19,20). The van der Waals surface area contributed by atoms with Crippen molar-refractivity contribution in [3.63, 3.8) is 0 Å². The van der Waals surface area contributed by atoms with Crippen LogP contribution in [0.5, 0.6) is 0 Å². The van der Waals surface area contributed by atoms with E-state index in [9.17, 15) is 24.3 Å². The van der Waals surface area contributed by atoms with Gasteiger partial charge in [-0.1, -0.05) is 34.8 Å². The molecule has 0 saturated carbocycles. The van der Waals surface area contributed by atoms with E-state index in [2.05, 4.69) is 0 Å². The number of carboxylic acids is 1. The zero-order valence-electron chi connectivity index (χ0n) is 11.0. The number of ketones is 3. The predicted octanol–water partition coefficient (Wildman–Crippen LogP) is 2.74. The van der Waals surface area contributed by atoms with Crippen LogP contribution in [-0.2, 0) is 19.2 Å². The summed E-state index contributed by atoms with van der Waals surface area (Å²) < 4.78 is -2.42. The summed E-state index contributed by atoms with van der Waals surface area (Å²) in [6.45, 7) is 2.52. The zero-order valence-corrected chi connectivity index (χ0v) is 13.3. The average molecular weight is 346 g/mol. The van der Waals surface area contributed by atoms with E-state index in [0.29, 0.717) is 0 Å². The van der Waals surface area contributed by atoms with Crippen LogP contribution >= 0.6 is 34.8 Å². The summed E-state index contributed by atoms with van der Waals surface area (Å²) in [6.07, 6.45) is -0.928.